The zero-order chi connectivity index (χ0) is 16.2. The molecule has 0 saturated carbocycles. The molecule has 1 unspecified atom stereocenters. The molecule has 23 heavy (non-hydrogen) atoms. The van der Waals surface area contributed by atoms with Gasteiger partial charge in [-0.15, -0.1) is 0 Å². The fourth-order valence-corrected chi connectivity index (χ4v) is 3.75. The molecule has 1 saturated heterocycles. The third-order valence-electron chi connectivity index (χ3n) is 4.99. The zero-order valence-corrected chi connectivity index (χ0v) is 14.2. The van der Waals surface area contributed by atoms with E-state index in [4.69, 9.17) is 0 Å². The van der Waals surface area contributed by atoms with Crippen LogP contribution < -0.4 is 25.8 Å². The average molecular weight is 317 g/mol. The standard InChI is InChI=1S/C17H26N6/c1-22-10-5-13-14(11-19)16(20-7-6-18)21-17(15(13)12-22)23-8-3-2-4-9-23/h2-10,12,18H2,1H3,(H,20,21)/p+3. The Balaban J connectivity index is 2.07. The van der Waals surface area contributed by atoms with Crippen molar-refractivity contribution in [3.05, 3.63) is 16.7 Å². The third-order valence-corrected chi connectivity index (χ3v) is 4.99. The number of pyridine rings is 1. The monoisotopic (exact) mass is 317 g/mol. The van der Waals surface area contributed by atoms with E-state index < -0.39 is 0 Å². The molecule has 124 valence electrons. The molecule has 0 amide bonds. The number of nitrogens with zero attached hydrogens (tertiary/aromatic N) is 2. The number of aromatic nitrogens is 1. The van der Waals surface area contributed by atoms with Crippen molar-refractivity contribution in [3.8, 4) is 6.07 Å². The van der Waals surface area contributed by atoms with Crippen LogP contribution in [0.3, 0.4) is 0 Å². The fraction of sp³-hybridized carbons (Fsp3) is 0.647. The van der Waals surface area contributed by atoms with Crippen molar-refractivity contribution in [1.29, 1.82) is 5.26 Å². The van der Waals surface area contributed by atoms with Gasteiger partial charge in [-0.2, -0.15) is 5.26 Å². The summed E-state index contributed by atoms with van der Waals surface area (Å²) < 4.78 is 0. The average Bonchev–Trinajstić information content (AvgIpc) is 2.59. The summed E-state index contributed by atoms with van der Waals surface area (Å²) in [4.78, 5) is 7.57. The highest BCUT2D eigenvalue weighted by Gasteiger charge is 2.32. The van der Waals surface area contributed by atoms with E-state index in [1.54, 1.807) is 0 Å². The molecule has 3 heterocycles. The Hall–Kier alpha value is -1.84. The Labute approximate surface area is 138 Å². The van der Waals surface area contributed by atoms with E-state index in [2.05, 4.69) is 34.1 Å². The minimum atomic E-state index is 0.786. The molecule has 0 bridgehead atoms. The van der Waals surface area contributed by atoms with E-state index in [0.29, 0.717) is 0 Å². The summed E-state index contributed by atoms with van der Waals surface area (Å²) in [5.74, 6) is 2.12. The van der Waals surface area contributed by atoms with Crippen LogP contribution in [0.15, 0.2) is 0 Å². The Morgan fingerprint density at radius 3 is 2.78 bits per heavy atom. The van der Waals surface area contributed by atoms with Gasteiger partial charge in [0.25, 0.3) is 0 Å². The Morgan fingerprint density at radius 2 is 2.09 bits per heavy atom. The lowest BCUT2D eigenvalue weighted by Crippen LogP contribution is -3.08. The van der Waals surface area contributed by atoms with Crippen LogP contribution in [0, 0.1) is 11.3 Å². The van der Waals surface area contributed by atoms with Crippen molar-refractivity contribution in [3.63, 3.8) is 0 Å². The molecular formula is C17H29N6+3. The molecule has 0 spiro atoms. The zero-order valence-electron chi connectivity index (χ0n) is 14.2. The van der Waals surface area contributed by atoms with Crippen LogP contribution in [0.1, 0.15) is 36.0 Å². The Kier molecular flexibility index (Phi) is 4.99. The van der Waals surface area contributed by atoms with Gasteiger partial charge >= 0.3 is 0 Å². The second-order valence-corrected chi connectivity index (χ2v) is 6.75. The number of anilines is 2. The third kappa shape index (κ3) is 3.26. The number of likely N-dealkylation sites (N-methyl/N-ethyl adjacent to an activating group) is 1. The first-order chi connectivity index (χ1) is 11.2. The molecule has 2 aliphatic heterocycles. The van der Waals surface area contributed by atoms with Crippen LogP contribution in [-0.4, -0.2) is 39.8 Å². The number of nitriles is 1. The lowest BCUT2D eigenvalue weighted by Gasteiger charge is -2.30. The number of nitrogens with one attached hydrogen (secondary N) is 3. The smallest absolute Gasteiger partial charge is 0.237 e. The number of fused-ring (bicyclic) bond motifs is 1. The summed E-state index contributed by atoms with van der Waals surface area (Å²) in [5.41, 5.74) is 7.31. The highest BCUT2D eigenvalue weighted by atomic mass is 15.2. The summed E-state index contributed by atoms with van der Waals surface area (Å²) in [6.45, 7) is 5.92. The summed E-state index contributed by atoms with van der Waals surface area (Å²) in [6.07, 6.45) is 4.82. The van der Waals surface area contributed by atoms with Gasteiger partial charge in [0.15, 0.2) is 0 Å². The minimum Gasteiger partial charge on any atom is -0.355 e. The molecule has 3 rings (SSSR count). The van der Waals surface area contributed by atoms with Gasteiger partial charge in [0.05, 0.1) is 32.2 Å². The fourth-order valence-electron chi connectivity index (χ4n) is 3.75. The van der Waals surface area contributed by atoms with E-state index in [-0.39, 0.29) is 0 Å². The number of piperidine rings is 1. The lowest BCUT2D eigenvalue weighted by molar-refractivity contribution is -0.895. The lowest BCUT2D eigenvalue weighted by atomic mass is 9.95. The second-order valence-electron chi connectivity index (χ2n) is 6.75. The number of hydrogen-bond acceptors (Lipinski definition) is 3. The molecule has 6 N–H and O–H groups in total. The quantitative estimate of drug-likeness (QED) is 0.638. The first-order valence-corrected chi connectivity index (χ1v) is 8.85. The minimum absolute atomic E-state index is 0.786. The number of H-pyrrole nitrogens is 1. The van der Waals surface area contributed by atoms with Gasteiger partial charge in [-0.3, -0.25) is 10.2 Å². The molecule has 2 aliphatic rings. The normalized spacial score (nSPS) is 20.7. The molecule has 1 atom stereocenters. The molecule has 0 aromatic carbocycles. The molecule has 0 radical (unpaired) electrons. The van der Waals surface area contributed by atoms with Gasteiger partial charge in [-0.05, 0) is 24.8 Å². The van der Waals surface area contributed by atoms with Gasteiger partial charge in [-0.25, -0.2) is 4.98 Å². The first-order valence-electron chi connectivity index (χ1n) is 8.85. The van der Waals surface area contributed by atoms with Crippen LogP contribution in [0.2, 0.25) is 0 Å². The first kappa shape index (κ1) is 16.0. The van der Waals surface area contributed by atoms with E-state index in [0.717, 1.165) is 57.1 Å². The van der Waals surface area contributed by atoms with Crippen LogP contribution >= 0.6 is 0 Å². The van der Waals surface area contributed by atoms with Crippen molar-refractivity contribution in [2.24, 2.45) is 0 Å². The maximum Gasteiger partial charge on any atom is 0.237 e. The van der Waals surface area contributed by atoms with Crippen molar-refractivity contribution in [1.82, 2.24) is 0 Å². The van der Waals surface area contributed by atoms with E-state index in [1.165, 1.54) is 41.1 Å². The predicted octanol–water partition coefficient (Wildman–Crippen LogP) is -1.41. The van der Waals surface area contributed by atoms with Crippen LogP contribution in [0.5, 0.6) is 0 Å². The molecular weight excluding hydrogens is 288 g/mol. The Bertz CT molecular complexity index is 600. The molecule has 0 aliphatic carbocycles. The number of aromatic amines is 1. The molecule has 1 fully saturated rings. The second kappa shape index (κ2) is 7.16. The summed E-state index contributed by atoms with van der Waals surface area (Å²) in [7, 11) is 2.24. The molecule has 1 aromatic rings. The highest BCUT2D eigenvalue weighted by Crippen LogP contribution is 2.29. The van der Waals surface area contributed by atoms with Crippen LogP contribution in [0.4, 0.5) is 11.6 Å². The van der Waals surface area contributed by atoms with Gasteiger partial charge in [0, 0.05) is 6.42 Å². The van der Waals surface area contributed by atoms with Crippen molar-refractivity contribution in [2.75, 3.05) is 50.0 Å². The number of rotatable bonds is 4. The topological polar surface area (TPSA) is 85.3 Å². The van der Waals surface area contributed by atoms with Gasteiger partial charge in [0.1, 0.15) is 31.3 Å². The van der Waals surface area contributed by atoms with Crippen LogP contribution in [0.25, 0.3) is 0 Å². The largest absolute Gasteiger partial charge is 0.355 e. The van der Waals surface area contributed by atoms with E-state index in [9.17, 15) is 5.26 Å². The van der Waals surface area contributed by atoms with E-state index in [1.807, 2.05) is 0 Å². The predicted molar refractivity (Wildman–Crippen MR) is 89.2 cm³/mol. The Morgan fingerprint density at radius 1 is 1.30 bits per heavy atom. The van der Waals surface area contributed by atoms with Crippen molar-refractivity contribution < 1.29 is 15.6 Å². The molecule has 1 aromatic heterocycles. The van der Waals surface area contributed by atoms with Crippen LogP contribution in [-0.2, 0) is 13.0 Å². The summed E-state index contributed by atoms with van der Waals surface area (Å²) >= 11 is 0. The van der Waals surface area contributed by atoms with Gasteiger partial charge < -0.3 is 10.6 Å². The number of quaternary nitrogens is 2. The maximum atomic E-state index is 9.69. The summed E-state index contributed by atoms with van der Waals surface area (Å²) in [5, 5.41) is 13.1. The SMILES string of the molecule is C[NH+]1CCc2c(C#N)c(NCC[NH3+])[nH+]c(N3CCCCC3)c2C1. The summed E-state index contributed by atoms with van der Waals surface area (Å²) in [6, 6.07) is 2.44. The van der Waals surface area contributed by atoms with Crippen molar-refractivity contribution >= 4 is 11.6 Å². The number of hydrogen-bond donors (Lipinski definition) is 3. The van der Waals surface area contributed by atoms with E-state index >= 15 is 0 Å². The maximum absolute atomic E-state index is 9.69. The molecule has 6 heteroatoms. The van der Waals surface area contributed by atoms with Crippen molar-refractivity contribution in [2.45, 2.75) is 32.2 Å². The molecule has 6 nitrogen and oxygen atoms in total. The van der Waals surface area contributed by atoms with Gasteiger partial charge in [0.2, 0.25) is 11.6 Å². The van der Waals surface area contributed by atoms with Gasteiger partial charge in [-0.1, -0.05) is 0 Å². The highest BCUT2D eigenvalue weighted by molar-refractivity contribution is 5.61.